The number of methoxy groups -OCH3 is 1. The molecule has 1 nitrogen and oxygen atoms in total. The Morgan fingerprint density at radius 2 is 1.25 bits per heavy atom. The minimum absolute atomic E-state index is 0.819. The molecule has 1 aliphatic rings. The maximum absolute atomic E-state index is 4.54. The first-order chi connectivity index (χ1) is 5.70. The largest absolute Gasteiger partial charge is 0.385 e. The van der Waals surface area contributed by atoms with Gasteiger partial charge in [-0.15, -0.1) is 0 Å². The van der Waals surface area contributed by atoms with Crippen LogP contribution in [0.4, 0.5) is 0 Å². The van der Waals surface area contributed by atoms with Crippen molar-refractivity contribution >= 4 is 0 Å². The molecule has 0 atom stereocenters. The zero-order chi connectivity index (χ0) is 9.40. The van der Waals surface area contributed by atoms with Gasteiger partial charge in [-0.25, -0.2) is 0 Å². The molecule has 0 saturated heterocycles. The molecule has 0 aromatic rings. The van der Waals surface area contributed by atoms with Crippen LogP contribution in [0.15, 0.2) is 0 Å². The Balaban J connectivity index is 0.000000261. The lowest BCUT2D eigenvalue weighted by atomic mass is 9.84. The topological polar surface area (TPSA) is 9.23 Å². The zero-order valence-electron chi connectivity index (χ0n) is 9.10. The van der Waals surface area contributed by atoms with E-state index >= 15 is 0 Å². The molecule has 0 aromatic carbocycles. The van der Waals surface area contributed by atoms with Crippen molar-refractivity contribution in [2.75, 3.05) is 13.7 Å². The van der Waals surface area contributed by atoms with Crippen LogP contribution in [0, 0.1) is 11.8 Å². The molecule has 1 heteroatoms. The Bertz CT molecular complexity index is 71.0. The Hall–Kier alpha value is -0.0400. The third-order valence-electron chi connectivity index (χ3n) is 2.59. The predicted octanol–water partition coefficient (Wildman–Crippen LogP) is 3.49. The van der Waals surface area contributed by atoms with E-state index in [1.165, 1.54) is 25.7 Å². The minimum atomic E-state index is 0.819. The molecular formula is C11H24O. The van der Waals surface area contributed by atoms with Crippen LogP contribution in [0.1, 0.15) is 46.5 Å². The molecule has 1 fully saturated rings. The average Bonchev–Trinajstić information content (AvgIpc) is 2.11. The van der Waals surface area contributed by atoms with Gasteiger partial charge in [0.05, 0.1) is 0 Å². The summed E-state index contributed by atoms with van der Waals surface area (Å²) in [5, 5.41) is 0. The van der Waals surface area contributed by atoms with Gasteiger partial charge in [0.25, 0.3) is 0 Å². The molecule has 74 valence electrons. The van der Waals surface area contributed by atoms with Crippen molar-refractivity contribution in [2.24, 2.45) is 11.8 Å². The minimum Gasteiger partial charge on any atom is -0.385 e. The first-order valence-corrected chi connectivity index (χ1v) is 5.19. The van der Waals surface area contributed by atoms with E-state index < -0.39 is 0 Å². The van der Waals surface area contributed by atoms with Gasteiger partial charge in [0, 0.05) is 13.7 Å². The zero-order valence-corrected chi connectivity index (χ0v) is 9.10. The molecule has 1 aliphatic carbocycles. The van der Waals surface area contributed by atoms with Crippen LogP contribution in [0.5, 0.6) is 0 Å². The van der Waals surface area contributed by atoms with E-state index in [1.54, 1.807) is 7.11 Å². The first-order valence-electron chi connectivity index (χ1n) is 5.19. The number of rotatable bonds is 1. The summed E-state index contributed by atoms with van der Waals surface area (Å²) in [6.07, 6.45) is 5.89. The molecule has 0 aromatic heterocycles. The maximum atomic E-state index is 4.54. The molecule has 1 saturated carbocycles. The van der Waals surface area contributed by atoms with Crippen molar-refractivity contribution in [1.29, 1.82) is 0 Å². The van der Waals surface area contributed by atoms with E-state index in [0.717, 1.165) is 18.4 Å². The molecule has 0 amide bonds. The van der Waals surface area contributed by atoms with Crippen LogP contribution in [-0.2, 0) is 4.74 Å². The molecule has 1 rings (SSSR count). The molecule has 0 bridgehead atoms. The highest BCUT2D eigenvalue weighted by Gasteiger charge is 2.13. The van der Waals surface area contributed by atoms with E-state index in [4.69, 9.17) is 0 Å². The molecule has 0 unspecified atom stereocenters. The first kappa shape index (κ1) is 12.0. The second-order valence-electron chi connectivity index (χ2n) is 3.94. The lowest BCUT2D eigenvalue weighted by Crippen LogP contribution is -2.08. The monoisotopic (exact) mass is 172 g/mol. The smallest absolute Gasteiger partial charge is 0.0433 e. The van der Waals surface area contributed by atoms with Gasteiger partial charge in [0.2, 0.25) is 0 Å². The molecule has 0 aliphatic heterocycles. The van der Waals surface area contributed by atoms with Gasteiger partial charge in [-0.1, -0.05) is 39.5 Å². The van der Waals surface area contributed by atoms with E-state index in [1.807, 2.05) is 6.92 Å². The fourth-order valence-electron chi connectivity index (χ4n) is 1.43. The van der Waals surface area contributed by atoms with Crippen molar-refractivity contribution in [3.8, 4) is 0 Å². The van der Waals surface area contributed by atoms with Crippen molar-refractivity contribution in [3.05, 3.63) is 0 Å². The van der Waals surface area contributed by atoms with Crippen LogP contribution in [0.25, 0.3) is 0 Å². The van der Waals surface area contributed by atoms with Gasteiger partial charge >= 0.3 is 0 Å². The molecule has 0 spiro atoms. The normalized spacial score (nSPS) is 29.0. The summed E-state index contributed by atoms with van der Waals surface area (Å²) >= 11 is 0. The summed E-state index contributed by atoms with van der Waals surface area (Å²) in [7, 11) is 1.68. The van der Waals surface area contributed by atoms with Gasteiger partial charge in [-0.2, -0.15) is 0 Å². The molecule has 0 radical (unpaired) electrons. The quantitative estimate of drug-likeness (QED) is 0.588. The number of ether oxygens (including phenoxy) is 1. The van der Waals surface area contributed by atoms with Gasteiger partial charge in [-0.3, -0.25) is 0 Å². The van der Waals surface area contributed by atoms with Crippen molar-refractivity contribution in [2.45, 2.75) is 46.5 Å². The SMILES string of the molecule is CC1CCC(C)CC1.CCOC. The van der Waals surface area contributed by atoms with E-state index in [0.29, 0.717) is 0 Å². The summed E-state index contributed by atoms with van der Waals surface area (Å²) in [6, 6.07) is 0. The Morgan fingerprint density at radius 1 is 1.00 bits per heavy atom. The van der Waals surface area contributed by atoms with Crippen LogP contribution < -0.4 is 0 Å². The molecular weight excluding hydrogens is 148 g/mol. The van der Waals surface area contributed by atoms with Crippen molar-refractivity contribution in [1.82, 2.24) is 0 Å². The predicted molar refractivity (Wildman–Crippen MR) is 54.3 cm³/mol. The van der Waals surface area contributed by atoms with Crippen LogP contribution in [0.3, 0.4) is 0 Å². The Labute approximate surface area is 77.5 Å². The summed E-state index contributed by atoms with van der Waals surface area (Å²) in [6.45, 7) is 7.51. The van der Waals surface area contributed by atoms with E-state index in [2.05, 4.69) is 18.6 Å². The van der Waals surface area contributed by atoms with E-state index in [-0.39, 0.29) is 0 Å². The lowest BCUT2D eigenvalue weighted by Gasteiger charge is -2.22. The molecule has 0 N–H and O–H groups in total. The highest BCUT2D eigenvalue weighted by atomic mass is 16.5. The lowest BCUT2D eigenvalue weighted by molar-refractivity contribution is 0.215. The van der Waals surface area contributed by atoms with Crippen LogP contribution in [-0.4, -0.2) is 13.7 Å². The van der Waals surface area contributed by atoms with Crippen LogP contribution in [0.2, 0.25) is 0 Å². The fraction of sp³-hybridized carbons (Fsp3) is 1.00. The second-order valence-corrected chi connectivity index (χ2v) is 3.94. The summed E-state index contributed by atoms with van der Waals surface area (Å²) in [5.74, 6) is 2.04. The van der Waals surface area contributed by atoms with Crippen LogP contribution >= 0.6 is 0 Å². The van der Waals surface area contributed by atoms with Gasteiger partial charge in [0.1, 0.15) is 0 Å². The standard InChI is InChI=1S/C8H16.C3H8O/c1-7-3-5-8(2)6-4-7;1-3-4-2/h7-8H,3-6H2,1-2H3;3H2,1-2H3. The van der Waals surface area contributed by atoms with Gasteiger partial charge in [-0.05, 0) is 18.8 Å². The second kappa shape index (κ2) is 7.60. The summed E-state index contributed by atoms with van der Waals surface area (Å²) in [4.78, 5) is 0. The van der Waals surface area contributed by atoms with Gasteiger partial charge < -0.3 is 4.74 Å². The van der Waals surface area contributed by atoms with Crippen molar-refractivity contribution in [3.63, 3.8) is 0 Å². The Morgan fingerprint density at radius 3 is 1.42 bits per heavy atom. The average molecular weight is 172 g/mol. The third-order valence-corrected chi connectivity index (χ3v) is 2.59. The highest BCUT2D eigenvalue weighted by molar-refractivity contribution is 4.65. The number of hydrogen-bond donors (Lipinski definition) is 0. The molecule has 0 heterocycles. The van der Waals surface area contributed by atoms with E-state index in [9.17, 15) is 0 Å². The van der Waals surface area contributed by atoms with Crippen molar-refractivity contribution < 1.29 is 4.74 Å². The van der Waals surface area contributed by atoms with Gasteiger partial charge in [0.15, 0.2) is 0 Å². The summed E-state index contributed by atoms with van der Waals surface area (Å²) in [5.41, 5.74) is 0. The Kier molecular flexibility index (Phi) is 7.58. The summed E-state index contributed by atoms with van der Waals surface area (Å²) < 4.78 is 4.54. The third kappa shape index (κ3) is 6.66. The highest BCUT2D eigenvalue weighted by Crippen LogP contribution is 2.27. The number of hydrogen-bond acceptors (Lipinski definition) is 1. The maximum Gasteiger partial charge on any atom is 0.0433 e. The fourth-order valence-corrected chi connectivity index (χ4v) is 1.43. The molecule has 12 heavy (non-hydrogen) atoms.